The standard InChI is InChI=1S/C18H18F3N3O4/c1-28-13-6-8-23(9-7-13)16(25)11-2-4-12(5-3-11)24-15(18(19,20)21)14(10-22-24)17(26)27/h2-5,10,13H,6-9H2,1H3,(H,26,27). The summed E-state index contributed by atoms with van der Waals surface area (Å²) >= 11 is 0. The van der Waals surface area contributed by atoms with Gasteiger partial charge in [-0.25, -0.2) is 9.48 Å². The van der Waals surface area contributed by atoms with E-state index >= 15 is 0 Å². The maximum absolute atomic E-state index is 13.3. The molecule has 0 atom stereocenters. The van der Waals surface area contributed by atoms with Crippen LogP contribution >= 0.6 is 0 Å². The Kier molecular flexibility index (Phi) is 5.41. The number of carboxylic acid groups (broad SMARTS) is 1. The summed E-state index contributed by atoms with van der Waals surface area (Å²) < 4.78 is 45.7. The normalized spacial score (nSPS) is 15.6. The van der Waals surface area contributed by atoms with Crippen LogP contribution in [0.4, 0.5) is 13.2 Å². The molecule has 1 aromatic heterocycles. The van der Waals surface area contributed by atoms with Gasteiger partial charge in [0.1, 0.15) is 5.56 Å². The topological polar surface area (TPSA) is 84.7 Å². The Hall–Kier alpha value is -2.88. The number of methoxy groups -OCH3 is 1. The van der Waals surface area contributed by atoms with E-state index in [1.807, 2.05) is 0 Å². The number of hydrogen-bond acceptors (Lipinski definition) is 4. The average molecular weight is 397 g/mol. The molecule has 0 saturated carbocycles. The first kappa shape index (κ1) is 19.9. The molecule has 1 aliphatic heterocycles. The van der Waals surface area contributed by atoms with Crippen molar-refractivity contribution >= 4 is 11.9 Å². The summed E-state index contributed by atoms with van der Waals surface area (Å²) in [5.74, 6) is -1.94. The molecule has 150 valence electrons. The number of carboxylic acids is 1. The van der Waals surface area contributed by atoms with Crippen LogP contribution in [0.15, 0.2) is 30.5 Å². The first-order valence-electron chi connectivity index (χ1n) is 8.53. The number of amides is 1. The Balaban J connectivity index is 1.84. The largest absolute Gasteiger partial charge is 0.478 e. The van der Waals surface area contributed by atoms with Crippen LogP contribution in [0.25, 0.3) is 5.69 Å². The zero-order chi connectivity index (χ0) is 20.5. The van der Waals surface area contributed by atoms with Gasteiger partial charge in [-0.3, -0.25) is 4.79 Å². The molecule has 1 fully saturated rings. The summed E-state index contributed by atoms with van der Waals surface area (Å²) in [6.45, 7) is 1.08. The van der Waals surface area contributed by atoms with Crippen LogP contribution in [0.1, 0.15) is 39.3 Å². The molecule has 1 saturated heterocycles. The van der Waals surface area contributed by atoms with Gasteiger partial charge in [0.05, 0.1) is 18.0 Å². The minimum absolute atomic E-state index is 0.00876. The molecule has 1 aromatic carbocycles. The number of aromatic carboxylic acids is 1. The number of nitrogens with zero attached hydrogens (tertiary/aromatic N) is 3. The maximum atomic E-state index is 13.3. The van der Waals surface area contributed by atoms with Crippen LogP contribution in [0.3, 0.4) is 0 Å². The Labute approximate surface area is 158 Å². The highest BCUT2D eigenvalue weighted by Gasteiger charge is 2.40. The Morgan fingerprint density at radius 1 is 1.18 bits per heavy atom. The van der Waals surface area contributed by atoms with Gasteiger partial charge in [-0.2, -0.15) is 18.3 Å². The van der Waals surface area contributed by atoms with E-state index in [-0.39, 0.29) is 17.7 Å². The summed E-state index contributed by atoms with van der Waals surface area (Å²) in [5.41, 5.74) is -1.97. The van der Waals surface area contributed by atoms with E-state index in [4.69, 9.17) is 9.84 Å². The number of likely N-dealkylation sites (tertiary alicyclic amines) is 1. The van der Waals surface area contributed by atoms with Crippen LogP contribution in [0.5, 0.6) is 0 Å². The Morgan fingerprint density at radius 3 is 2.29 bits per heavy atom. The van der Waals surface area contributed by atoms with Crippen LogP contribution in [-0.2, 0) is 10.9 Å². The SMILES string of the molecule is COC1CCN(C(=O)c2ccc(-n3ncc(C(=O)O)c3C(F)(F)F)cc2)CC1. The summed E-state index contributed by atoms with van der Waals surface area (Å²) in [4.78, 5) is 25.3. The lowest BCUT2D eigenvalue weighted by atomic mass is 10.1. The number of ether oxygens (including phenoxy) is 1. The van der Waals surface area contributed by atoms with Crippen molar-refractivity contribution in [3.05, 3.63) is 47.3 Å². The van der Waals surface area contributed by atoms with Crippen LogP contribution in [0.2, 0.25) is 0 Å². The van der Waals surface area contributed by atoms with Gasteiger partial charge >= 0.3 is 12.1 Å². The number of halogens is 3. The van der Waals surface area contributed by atoms with Crippen LogP contribution in [0, 0.1) is 0 Å². The fourth-order valence-corrected chi connectivity index (χ4v) is 3.20. The number of rotatable bonds is 4. The number of hydrogen-bond donors (Lipinski definition) is 1. The Bertz CT molecular complexity index is 869. The maximum Gasteiger partial charge on any atom is 0.434 e. The van der Waals surface area contributed by atoms with Gasteiger partial charge in [0.25, 0.3) is 5.91 Å². The first-order valence-corrected chi connectivity index (χ1v) is 8.53. The second-order valence-electron chi connectivity index (χ2n) is 6.40. The Morgan fingerprint density at radius 2 is 1.79 bits per heavy atom. The highest BCUT2D eigenvalue weighted by Crippen LogP contribution is 2.33. The fourth-order valence-electron chi connectivity index (χ4n) is 3.20. The molecule has 0 unspecified atom stereocenters. The van der Waals surface area contributed by atoms with Crippen LogP contribution < -0.4 is 0 Å². The third-order valence-corrected chi connectivity index (χ3v) is 4.69. The van der Waals surface area contributed by atoms with Gasteiger partial charge in [0, 0.05) is 25.8 Å². The third kappa shape index (κ3) is 3.86. The lowest BCUT2D eigenvalue weighted by Crippen LogP contribution is -2.40. The van der Waals surface area contributed by atoms with Crippen molar-refractivity contribution in [3.63, 3.8) is 0 Å². The summed E-state index contributed by atoms with van der Waals surface area (Å²) in [6.07, 6.45) is -2.68. The van der Waals surface area contributed by atoms with E-state index in [0.29, 0.717) is 29.5 Å². The minimum Gasteiger partial charge on any atom is -0.478 e. The number of benzene rings is 1. The van der Waals surface area contributed by atoms with Crippen molar-refractivity contribution in [2.75, 3.05) is 20.2 Å². The fraction of sp³-hybridized carbons (Fsp3) is 0.389. The molecular weight excluding hydrogens is 379 g/mol. The molecule has 2 heterocycles. The van der Waals surface area contributed by atoms with E-state index in [2.05, 4.69) is 5.10 Å². The molecule has 2 aromatic rings. The predicted octanol–water partition coefficient (Wildman–Crippen LogP) is 2.84. The molecule has 10 heteroatoms. The van der Waals surface area contributed by atoms with Crippen LogP contribution in [-0.4, -0.2) is 58.0 Å². The lowest BCUT2D eigenvalue weighted by molar-refractivity contribution is -0.143. The number of aromatic nitrogens is 2. The third-order valence-electron chi connectivity index (χ3n) is 4.69. The molecule has 1 aliphatic rings. The minimum atomic E-state index is -4.90. The monoisotopic (exact) mass is 397 g/mol. The van der Waals surface area contributed by atoms with E-state index in [1.165, 1.54) is 24.3 Å². The van der Waals surface area contributed by atoms with E-state index in [9.17, 15) is 22.8 Å². The van der Waals surface area contributed by atoms with Crippen molar-refractivity contribution in [2.24, 2.45) is 0 Å². The smallest absolute Gasteiger partial charge is 0.434 e. The quantitative estimate of drug-likeness (QED) is 0.858. The van der Waals surface area contributed by atoms with Crippen molar-refractivity contribution < 1.29 is 32.6 Å². The number of carbonyl (C=O) groups is 2. The first-order chi connectivity index (χ1) is 13.2. The summed E-state index contributed by atoms with van der Waals surface area (Å²) in [5, 5.41) is 12.5. The number of carbonyl (C=O) groups excluding carboxylic acids is 1. The van der Waals surface area contributed by atoms with Crippen molar-refractivity contribution in [2.45, 2.75) is 25.1 Å². The van der Waals surface area contributed by atoms with E-state index < -0.39 is 23.4 Å². The molecule has 28 heavy (non-hydrogen) atoms. The predicted molar refractivity (Wildman–Crippen MR) is 91.5 cm³/mol. The number of piperidine rings is 1. The second kappa shape index (κ2) is 7.63. The number of alkyl halides is 3. The second-order valence-corrected chi connectivity index (χ2v) is 6.40. The van der Waals surface area contributed by atoms with E-state index in [1.54, 1.807) is 12.0 Å². The van der Waals surface area contributed by atoms with Gasteiger partial charge in [-0.05, 0) is 37.1 Å². The average Bonchev–Trinajstić information content (AvgIpc) is 3.14. The van der Waals surface area contributed by atoms with E-state index in [0.717, 1.165) is 12.8 Å². The zero-order valence-electron chi connectivity index (χ0n) is 14.9. The van der Waals surface area contributed by atoms with Gasteiger partial charge in [0.15, 0.2) is 5.69 Å². The highest BCUT2D eigenvalue weighted by atomic mass is 19.4. The molecular formula is C18H18F3N3O4. The molecule has 3 rings (SSSR count). The molecule has 0 spiro atoms. The molecule has 7 nitrogen and oxygen atoms in total. The van der Waals surface area contributed by atoms with Gasteiger partial charge in [-0.15, -0.1) is 0 Å². The van der Waals surface area contributed by atoms with Crippen molar-refractivity contribution in [1.29, 1.82) is 0 Å². The molecule has 1 N–H and O–H groups in total. The molecule has 1 amide bonds. The van der Waals surface area contributed by atoms with Crippen molar-refractivity contribution in [1.82, 2.24) is 14.7 Å². The molecule has 0 radical (unpaired) electrons. The summed E-state index contributed by atoms with van der Waals surface area (Å²) in [6, 6.07) is 5.43. The van der Waals surface area contributed by atoms with Crippen molar-refractivity contribution in [3.8, 4) is 5.69 Å². The summed E-state index contributed by atoms with van der Waals surface area (Å²) in [7, 11) is 1.63. The molecule has 0 aliphatic carbocycles. The lowest BCUT2D eigenvalue weighted by Gasteiger charge is -2.31. The van der Waals surface area contributed by atoms with Gasteiger partial charge in [-0.1, -0.05) is 0 Å². The van der Waals surface area contributed by atoms with Gasteiger partial charge in [0.2, 0.25) is 0 Å². The zero-order valence-corrected chi connectivity index (χ0v) is 14.9. The molecule has 0 bridgehead atoms. The highest BCUT2D eigenvalue weighted by molar-refractivity contribution is 5.94. The van der Waals surface area contributed by atoms with Gasteiger partial charge < -0.3 is 14.7 Å².